The highest BCUT2D eigenvalue weighted by Gasteiger charge is 2.63. The highest BCUT2D eigenvalue weighted by molar-refractivity contribution is 6.25. The summed E-state index contributed by atoms with van der Waals surface area (Å²) in [6.45, 7) is 0. The molecule has 2 heterocycles. The summed E-state index contributed by atoms with van der Waals surface area (Å²) in [5.41, 5.74) is 0.645. The minimum atomic E-state index is -1.66. The van der Waals surface area contributed by atoms with Crippen LogP contribution in [0, 0.1) is 5.92 Å². The lowest BCUT2D eigenvalue weighted by molar-refractivity contribution is -0.140. The number of nitrogens with zero attached hydrogens (tertiary/aromatic N) is 1. The van der Waals surface area contributed by atoms with Crippen molar-refractivity contribution in [3.63, 3.8) is 0 Å². The van der Waals surface area contributed by atoms with Crippen molar-refractivity contribution in [2.45, 2.75) is 5.60 Å². The lowest BCUT2D eigenvalue weighted by Crippen LogP contribution is -2.46. The number of para-hydroxylation sites is 1. The van der Waals surface area contributed by atoms with Crippen LogP contribution in [0.1, 0.15) is 21.5 Å². The molecule has 0 radical (unpaired) electrons. The van der Waals surface area contributed by atoms with Gasteiger partial charge in [-0.05, 0) is 48.5 Å². The van der Waals surface area contributed by atoms with Gasteiger partial charge in [0.05, 0.1) is 21.3 Å². The molecule has 0 aliphatic carbocycles. The SMILES string of the molecule is COc1ccc(C(=O)[C@H]2C(c3cc(OC)ccc3OC)=NO[C@]23C(=O)Nc2ccccc23)cc1. The van der Waals surface area contributed by atoms with Gasteiger partial charge in [0.1, 0.15) is 28.9 Å². The predicted molar refractivity (Wildman–Crippen MR) is 125 cm³/mol. The normalized spacial score (nSPS) is 20.3. The Morgan fingerprint density at radius 3 is 2.35 bits per heavy atom. The van der Waals surface area contributed by atoms with Crippen LogP contribution in [0.2, 0.25) is 0 Å². The molecule has 1 amide bonds. The zero-order chi connectivity index (χ0) is 23.9. The van der Waals surface area contributed by atoms with E-state index in [-0.39, 0.29) is 11.5 Å². The van der Waals surface area contributed by atoms with E-state index in [0.717, 1.165) is 0 Å². The van der Waals surface area contributed by atoms with Crippen molar-refractivity contribution < 1.29 is 28.6 Å². The van der Waals surface area contributed by atoms with E-state index in [1.165, 1.54) is 7.11 Å². The number of ether oxygens (including phenoxy) is 3. The molecule has 8 heteroatoms. The smallest absolute Gasteiger partial charge is 0.277 e. The summed E-state index contributed by atoms with van der Waals surface area (Å²) < 4.78 is 16.2. The molecule has 0 bridgehead atoms. The molecule has 5 rings (SSSR count). The molecule has 172 valence electrons. The minimum absolute atomic E-state index is 0.281. The quantitative estimate of drug-likeness (QED) is 0.565. The summed E-state index contributed by atoms with van der Waals surface area (Å²) in [5, 5.41) is 7.15. The van der Waals surface area contributed by atoms with Gasteiger partial charge < -0.3 is 24.4 Å². The van der Waals surface area contributed by atoms with E-state index in [9.17, 15) is 9.59 Å². The predicted octanol–water partition coefficient (Wildman–Crippen LogP) is 3.79. The maximum Gasteiger partial charge on any atom is 0.277 e. The molecule has 0 unspecified atom stereocenters. The maximum absolute atomic E-state index is 14.0. The van der Waals surface area contributed by atoms with Crippen LogP contribution in [0.15, 0.2) is 71.9 Å². The van der Waals surface area contributed by atoms with Crippen LogP contribution in [0.25, 0.3) is 0 Å². The number of hydrogen-bond donors (Lipinski definition) is 1. The lowest BCUT2D eigenvalue weighted by Gasteiger charge is -2.27. The summed E-state index contributed by atoms with van der Waals surface area (Å²) in [6.07, 6.45) is 0. The molecule has 2 aliphatic rings. The zero-order valence-corrected chi connectivity index (χ0v) is 18.8. The van der Waals surface area contributed by atoms with Crippen LogP contribution >= 0.6 is 0 Å². The topological polar surface area (TPSA) is 95.5 Å². The average molecular weight is 458 g/mol. The first-order valence-electron chi connectivity index (χ1n) is 10.6. The van der Waals surface area contributed by atoms with Gasteiger partial charge in [-0.15, -0.1) is 0 Å². The van der Waals surface area contributed by atoms with Crippen LogP contribution in [0.3, 0.4) is 0 Å². The number of ketones is 1. The number of carbonyl (C=O) groups is 2. The minimum Gasteiger partial charge on any atom is -0.497 e. The zero-order valence-electron chi connectivity index (χ0n) is 18.8. The monoisotopic (exact) mass is 458 g/mol. The number of oxime groups is 1. The Morgan fingerprint density at radius 2 is 1.65 bits per heavy atom. The Bertz CT molecular complexity index is 1320. The third-order valence-corrected chi connectivity index (χ3v) is 6.20. The van der Waals surface area contributed by atoms with Gasteiger partial charge in [-0.3, -0.25) is 9.59 Å². The number of amides is 1. The van der Waals surface area contributed by atoms with Gasteiger partial charge >= 0.3 is 0 Å². The van der Waals surface area contributed by atoms with Gasteiger partial charge in [0, 0.05) is 22.4 Å². The van der Waals surface area contributed by atoms with Gasteiger partial charge in [-0.1, -0.05) is 23.4 Å². The van der Waals surface area contributed by atoms with Crippen molar-refractivity contribution in [3.8, 4) is 17.2 Å². The van der Waals surface area contributed by atoms with E-state index in [4.69, 9.17) is 19.0 Å². The number of fused-ring (bicyclic) bond motifs is 2. The molecule has 0 saturated carbocycles. The molecule has 3 aromatic rings. The van der Waals surface area contributed by atoms with Crippen LogP contribution < -0.4 is 19.5 Å². The third-order valence-electron chi connectivity index (χ3n) is 6.20. The second kappa shape index (κ2) is 8.22. The second-order valence-corrected chi connectivity index (χ2v) is 7.90. The summed E-state index contributed by atoms with van der Waals surface area (Å²) in [7, 11) is 4.62. The van der Waals surface area contributed by atoms with E-state index < -0.39 is 17.4 Å². The molecular formula is C26H22N2O6. The fraction of sp³-hybridized carbons (Fsp3) is 0.192. The summed E-state index contributed by atoms with van der Waals surface area (Å²) in [6, 6.07) is 19.0. The van der Waals surface area contributed by atoms with E-state index >= 15 is 0 Å². The van der Waals surface area contributed by atoms with E-state index in [1.54, 1.807) is 80.9 Å². The fourth-order valence-electron chi connectivity index (χ4n) is 4.50. The Balaban J connectivity index is 1.70. The Kier molecular flexibility index (Phi) is 5.20. The summed E-state index contributed by atoms with van der Waals surface area (Å²) in [5.74, 6) is -0.227. The number of Topliss-reactive ketones (excluding diaryl/α,β-unsaturated/α-hetero) is 1. The Hall–Kier alpha value is -4.33. The first kappa shape index (κ1) is 21.5. The summed E-state index contributed by atoms with van der Waals surface area (Å²) in [4.78, 5) is 33.4. The maximum atomic E-state index is 14.0. The van der Waals surface area contributed by atoms with Crippen molar-refractivity contribution in [2.24, 2.45) is 11.1 Å². The van der Waals surface area contributed by atoms with Gasteiger partial charge in [0.25, 0.3) is 11.5 Å². The van der Waals surface area contributed by atoms with E-state index in [1.807, 2.05) is 0 Å². The van der Waals surface area contributed by atoms with E-state index in [0.29, 0.717) is 39.6 Å². The lowest BCUT2D eigenvalue weighted by atomic mass is 9.74. The van der Waals surface area contributed by atoms with Crippen LogP contribution in [-0.2, 0) is 15.2 Å². The Labute approximate surface area is 196 Å². The molecule has 3 aromatic carbocycles. The number of anilines is 1. The highest BCUT2D eigenvalue weighted by Crippen LogP contribution is 2.50. The molecule has 1 N–H and O–H groups in total. The van der Waals surface area contributed by atoms with Crippen molar-refractivity contribution in [1.82, 2.24) is 0 Å². The first-order chi connectivity index (χ1) is 16.5. The molecule has 0 fully saturated rings. The molecule has 8 nitrogen and oxygen atoms in total. The number of carbonyl (C=O) groups excluding carboxylic acids is 2. The van der Waals surface area contributed by atoms with Crippen molar-refractivity contribution in [2.75, 3.05) is 26.6 Å². The number of benzene rings is 3. The second-order valence-electron chi connectivity index (χ2n) is 7.90. The molecule has 0 saturated heterocycles. The number of methoxy groups -OCH3 is 3. The molecule has 2 aliphatic heterocycles. The van der Waals surface area contributed by atoms with Crippen LogP contribution in [0.4, 0.5) is 5.69 Å². The molecule has 2 atom stereocenters. The fourth-order valence-corrected chi connectivity index (χ4v) is 4.50. The van der Waals surface area contributed by atoms with Gasteiger partial charge in [-0.25, -0.2) is 0 Å². The first-order valence-corrected chi connectivity index (χ1v) is 10.6. The van der Waals surface area contributed by atoms with Crippen LogP contribution in [0.5, 0.6) is 17.2 Å². The standard InChI is InChI=1S/C26H22N2O6/c1-31-16-10-8-15(9-11-16)24(29)22-23(18-14-17(32-2)12-13-21(18)33-3)28-34-26(22)19-6-4-5-7-20(19)27-25(26)30/h4-14,22H,1-3H3,(H,27,30)/t22-,26+/m1/s1. The average Bonchev–Trinajstić information content (AvgIpc) is 3.42. The van der Waals surface area contributed by atoms with Crippen molar-refractivity contribution >= 4 is 23.1 Å². The van der Waals surface area contributed by atoms with Crippen molar-refractivity contribution in [1.29, 1.82) is 0 Å². The van der Waals surface area contributed by atoms with Crippen LogP contribution in [-0.4, -0.2) is 38.7 Å². The molecule has 1 spiro atoms. The third kappa shape index (κ3) is 3.10. The molecule has 0 aromatic heterocycles. The molecule has 34 heavy (non-hydrogen) atoms. The van der Waals surface area contributed by atoms with E-state index in [2.05, 4.69) is 10.5 Å². The van der Waals surface area contributed by atoms with Gasteiger partial charge in [0.2, 0.25) is 0 Å². The molecular weight excluding hydrogens is 436 g/mol. The van der Waals surface area contributed by atoms with Gasteiger partial charge in [0.15, 0.2) is 5.78 Å². The largest absolute Gasteiger partial charge is 0.497 e. The van der Waals surface area contributed by atoms with Crippen molar-refractivity contribution in [3.05, 3.63) is 83.4 Å². The number of hydrogen-bond acceptors (Lipinski definition) is 7. The van der Waals surface area contributed by atoms with Gasteiger partial charge in [-0.2, -0.15) is 0 Å². The summed E-state index contributed by atoms with van der Waals surface area (Å²) >= 11 is 0. The highest BCUT2D eigenvalue weighted by atomic mass is 16.7. The number of rotatable bonds is 6. The Morgan fingerprint density at radius 1 is 0.941 bits per heavy atom. The number of nitrogens with one attached hydrogen (secondary N) is 1.